The maximum absolute atomic E-state index is 2.92. The molecule has 260 valence electrons. The second-order valence-electron chi connectivity index (χ2n) is 20.4. The van der Waals surface area contributed by atoms with Crippen molar-refractivity contribution in [2.75, 3.05) is 0 Å². The number of benzene rings is 2. The van der Waals surface area contributed by atoms with Crippen LogP contribution >= 0.6 is 0 Å². The first kappa shape index (κ1) is 33.7. The van der Waals surface area contributed by atoms with Crippen molar-refractivity contribution in [1.29, 1.82) is 0 Å². The van der Waals surface area contributed by atoms with Gasteiger partial charge in [-0.05, 0) is 129 Å². The summed E-state index contributed by atoms with van der Waals surface area (Å²) < 4.78 is 0. The summed E-state index contributed by atoms with van der Waals surface area (Å²) in [5, 5.41) is 3.40. The van der Waals surface area contributed by atoms with E-state index in [1.165, 1.54) is 38.5 Å². The lowest BCUT2D eigenvalue weighted by Gasteiger charge is -2.53. The summed E-state index contributed by atoms with van der Waals surface area (Å²) in [4.78, 5) is 0. The lowest BCUT2D eigenvalue weighted by Crippen LogP contribution is -2.68. The Morgan fingerprint density at radius 2 is 0.755 bits per heavy atom. The summed E-state index contributed by atoms with van der Waals surface area (Å²) >= 11 is 0. The normalized spacial score (nSPS) is 36.6. The van der Waals surface area contributed by atoms with Crippen LogP contribution in [-0.4, -0.2) is 8.07 Å². The maximum atomic E-state index is 2.92. The Hall–Kier alpha value is -2.38. The third-order valence-electron chi connectivity index (χ3n) is 15.6. The molecule has 0 nitrogen and oxygen atoms in total. The molecule has 8 unspecified atom stereocenters. The van der Waals surface area contributed by atoms with Crippen molar-refractivity contribution in [1.82, 2.24) is 0 Å². The van der Waals surface area contributed by atoms with Crippen molar-refractivity contribution in [2.45, 2.75) is 119 Å². The van der Waals surface area contributed by atoms with Gasteiger partial charge in [0.15, 0.2) is 0 Å². The lowest BCUT2D eigenvalue weighted by molar-refractivity contribution is 0.250. The van der Waals surface area contributed by atoms with Gasteiger partial charge in [0.25, 0.3) is 0 Å². The molecule has 8 atom stereocenters. The van der Waals surface area contributed by atoms with Crippen molar-refractivity contribution in [3.05, 3.63) is 107 Å². The number of allylic oxidation sites excluding steroid dienone is 8. The smallest absolute Gasteiger partial charge is 0.0768 e. The van der Waals surface area contributed by atoms with Gasteiger partial charge in [-0.15, -0.1) is 0 Å². The summed E-state index contributed by atoms with van der Waals surface area (Å²) in [6, 6.07) is 24.4. The topological polar surface area (TPSA) is 0 Å². The van der Waals surface area contributed by atoms with Gasteiger partial charge < -0.3 is 0 Å². The Labute approximate surface area is 300 Å². The van der Waals surface area contributed by atoms with Gasteiger partial charge in [-0.2, -0.15) is 0 Å². The van der Waals surface area contributed by atoms with Crippen LogP contribution < -0.4 is 10.4 Å². The monoisotopic (exact) mass is 668 g/mol. The second-order valence-corrected chi connectivity index (χ2v) is 24.6. The van der Waals surface area contributed by atoms with E-state index in [2.05, 4.69) is 154 Å². The second kappa shape index (κ2) is 11.3. The van der Waals surface area contributed by atoms with Gasteiger partial charge in [-0.25, -0.2) is 0 Å². The van der Waals surface area contributed by atoms with Crippen LogP contribution in [0.1, 0.15) is 108 Å². The predicted molar refractivity (Wildman–Crippen MR) is 213 cm³/mol. The molecule has 0 bridgehead atoms. The molecule has 0 aliphatic heterocycles. The Balaban J connectivity index is 1.38. The van der Waals surface area contributed by atoms with Crippen LogP contribution in [0.25, 0.3) is 0 Å². The molecule has 0 saturated heterocycles. The van der Waals surface area contributed by atoms with E-state index in [0.717, 1.165) is 0 Å². The molecule has 0 N–H and O–H groups in total. The molecule has 49 heavy (non-hydrogen) atoms. The third kappa shape index (κ3) is 5.01. The molecule has 6 aliphatic carbocycles. The van der Waals surface area contributed by atoms with Gasteiger partial charge in [0.1, 0.15) is 8.07 Å². The van der Waals surface area contributed by atoms with Crippen LogP contribution in [0.15, 0.2) is 107 Å². The largest absolute Gasteiger partial charge is 0.125 e. The molecule has 4 fully saturated rings. The molecular weight excluding hydrogens is 605 g/mol. The molecule has 1 heteroatoms. The van der Waals surface area contributed by atoms with Crippen LogP contribution in [0, 0.1) is 57.2 Å². The number of rotatable bonds is 4. The summed E-state index contributed by atoms with van der Waals surface area (Å²) in [6.45, 7) is 25.6. The molecule has 0 amide bonds. The highest BCUT2D eigenvalue weighted by Crippen LogP contribution is 2.66. The van der Waals surface area contributed by atoms with Crippen molar-refractivity contribution >= 4 is 18.4 Å². The average molecular weight is 669 g/mol. The van der Waals surface area contributed by atoms with Gasteiger partial charge in [0, 0.05) is 0 Å². The fraction of sp³-hybridized carbons (Fsp3) is 0.583. The van der Waals surface area contributed by atoms with Crippen LogP contribution in [0.3, 0.4) is 0 Å². The summed E-state index contributed by atoms with van der Waals surface area (Å²) in [7, 11) is -2.45. The van der Waals surface area contributed by atoms with Crippen molar-refractivity contribution in [2.24, 2.45) is 57.2 Å². The SMILES string of the molecule is CC1CC2C=C3C(=CC2C1[Si](c1ccccc1)(c1ccccc1)C1C(C)CC2C=C4C(=CC21)C(C)(C)CCC4(C)C)C(C)(C)CCC3(C)C. The molecule has 2 aromatic rings. The fourth-order valence-electron chi connectivity index (χ4n) is 13.0. The summed E-state index contributed by atoms with van der Waals surface area (Å²) in [5.41, 5.74) is 9.14. The fourth-order valence-corrected chi connectivity index (χ4v) is 20.8. The molecule has 4 saturated carbocycles. The first-order valence-corrected chi connectivity index (χ1v) is 22.2. The molecule has 0 aromatic heterocycles. The standard InChI is InChI=1S/C48H64Si/c1-31-25-33-27-39-41(47(7,8)23-21-45(39,3)4)29-37(33)43(31)49(35-17-13-11-14-18-35,36-19-15-12-16-20-36)44-32(2)26-34-28-40-42(30-38(34)44)48(9,10)24-22-46(40,5)6/h11-20,27-34,37-38,43-44H,21-26H2,1-10H3. The predicted octanol–water partition coefficient (Wildman–Crippen LogP) is 12.0. The van der Waals surface area contributed by atoms with E-state index in [1.807, 2.05) is 0 Å². The van der Waals surface area contributed by atoms with Crippen LogP contribution in [-0.2, 0) is 0 Å². The molecule has 8 rings (SSSR count). The van der Waals surface area contributed by atoms with E-state index in [4.69, 9.17) is 0 Å². The Kier molecular flexibility index (Phi) is 7.79. The van der Waals surface area contributed by atoms with Crippen LogP contribution in [0.4, 0.5) is 0 Å². The summed E-state index contributed by atoms with van der Waals surface area (Å²) in [5.74, 6) is 3.86. The molecule has 2 aromatic carbocycles. The zero-order valence-electron chi connectivity index (χ0n) is 32.4. The first-order chi connectivity index (χ1) is 23.1. The Morgan fingerprint density at radius 1 is 0.449 bits per heavy atom. The molecule has 0 radical (unpaired) electrons. The van der Waals surface area contributed by atoms with E-state index in [1.54, 1.807) is 32.7 Å². The minimum Gasteiger partial charge on any atom is -0.0768 e. The van der Waals surface area contributed by atoms with E-state index in [-0.39, 0.29) is 21.7 Å². The maximum Gasteiger partial charge on any atom is 0.125 e. The molecule has 0 heterocycles. The van der Waals surface area contributed by atoms with Gasteiger partial charge in [0.05, 0.1) is 0 Å². The van der Waals surface area contributed by atoms with Gasteiger partial charge >= 0.3 is 0 Å². The van der Waals surface area contributed by atoms with Crippen molar-refractivity contribution in [3.8, 4) is 0 Å². The van der Waals surface area contributed by atoms with Gasteiger partial charge in [0.2, 0.25) is 0 Å². The Morgan fingerprint density at radius 3 is 1.08 bits per heavy atom. The highest BCUT2D eigenvalue weighted by Gasteiger charge is 2.64. The zero-order chi connectivity index (χ0) is 34.7. The van der Waals surface area contributed by atoms with Crippen molar-refractivity contribution < 1.29 is 0 Å². The van der Waals surface area contributed by atoms with Gasteiger partial charge in [-0.1, -0.05) is 165 Å². The van der Waals surface area contributed by atoms with E-state index in [9.17, 15) is 0 Å². The lowest BCUT2D eigenvalue weighted by atomic mass is 9.58. The third-order valence-corrected chi connectivity index (χ3v) is 22.2. The number of hydrogen-bond acceptors (Lipinski definition) is 0. The van der Waals surface area contributed by atoms with Crippen LogP contribution in [0.2, 0.25) is 11.1 Å². The molecule has 6 aliphatic rings. The number of fused-ring (bicyclic) bond motifs is 4. The van der Waals surface area contributed by atoms with E-state index >= 15 is 0 Å². The van der Waals surface area contributed by atoms with E-state index < -0.39 is 8.07 Å². The molecule has 0 spiro atoms. The van der Waals surface area contributed by atoms with Gasteiger partial charge in [-0.3, -0.25) is 0 Å². The van der Waals surface area contributed by atoms with Crippen molar-refractivity contribution in [3.63, 3.8) is 0 Å². The minimum absolute atomic E-state index is 0.243. The molecular formula is C48H64Si. The highest BCUT2D eigenvalue weighted by atomic mass is 28.3. The average Bonchev–Trinajstić information content (AvgIpc) is 3.57. The quantitative estimate of drug-likeness (QED) is 0.284. The summed E-state index contributed by atoms with van der Waals surface area (Å²) in [6.07, 6.45) is 19.4. The van der Waals surface area contributed by atoms with E-state index in [0.29, 0.717) is 46.6 Å². The first-order valence-electron chi connectivity index (χ1n) is 20.1. The van der Waals surface area contributed by atoms with Crippen LogP contribution in [0.5, 0.6) is 0 Å². The highest BCUT2D eigenvalue weighted by molar-refractivity contribution is 7.04. The Bertz CT molecular complexity index is 1600. The number of hydrogen-bond donors (Lipinski definition) is 0. The minimum atomic E-state index is -2.45. The zero-order valence-corrected chi connectivity index (χ0v) is 33.4.